The van der Waals surface area contributed by atoms with Gasteiger partial charge in [0.25, 0.3) is 0 Å². The molecule has 0 fully saturated rings. The maximum Gasteiger partial charge on any atom is 0.223 e. The fourth-order valence-corrected chi connectivity index (χ4v) is 2.61. The lowest BCUT2D eigenvalue weighted by Crippen LogP contribution is -1.88. The molecule has 0 atom stereocenters. The van der Waals surface area contributed by atoms with Crippen LogP contribution < -0.4 is 0 Å². The highest BCUT2D eigenvalue weighted by molar-refractivity contribution is 8.00. The number of halogens is 1. The van der Waals surface area contributed by atoms with Gasteiger partial charge in [-0.3, -0.25) is 0 Å². The van der Waals surface area contributed by atoms with Crippen LogP contribution >= 0.6 is 34.7 Å². The molecule has 0 amide bonds. The van der Waals surface area contributed by atoms with Gasteiger partial charge in [-0.05, 0) is 36.4 Å². The highest BCUT2D eigenvalue weighted by Crippen LogP contribution is 2.27. The summed E-state index contributed by atoms with van der Waals surface area (Å²) in [5, 5.41) is 8.69. The van der Waals surface area contributed by atoms with Crippen LogP contribution in [0.25, 0.3) is 0 Å². The van der Waals surface area contributed by atoms with Crippen molar-refractivity contribution in [3.8, 4) is 0 Å². The van der Waals surface area contributed by atoms with E-state index < -0.39 is 0 Å². The van der Waals surface area contributed by atoms with Gasteiger partial charge in [-0.1, -0.05) is 11.3 Å². The molecule has 0 aromatic carbocycles. The standard InChI is InChI=1S/C7H5ClN4S2/c1-4-2-5(11-6(8)10-4)14-7-12-9-3-13-7/h2-3H,1H3. The van der Waals surface area contributed by atoms with Gasteiger partial charge in [0.15, 0.2) is 4.34 Å². The summed E-state index contributed by atoms with van der Waals surface area (Å²) < 4.78 is 0.846. The van der Waals surface area contributed by atoms with Crippen LogP contribution in [0.3, 0.4) is 0 Å². The summed E-state index contributed by atoms with van der Waals surface area (Å²) in [6.45, 7) is 1.87. The molecule has 2 heterocycles. The molecule has 2 aromatic heterocycles. The van der Waals surface area contributed by atoms with Gasteiger partial charge >= 0.3 is 0 Å². The van der Waals surface area contributed by atoms with E-state index in [2.05, 4.69) is 20.2 Å². The molecule has 0 bridgehead atoms. The number of nitrogens with zero attached hydrogens (tertiary/aromatic N) is 4. The van der Waals surface area contributed by atoms with Crippen LogP contribution in [-0.4, -0.2) is 20.2 Å². The van der Waals surface area contributed by atoms with E-state index >= 15 is 0 Å². The summed E-state index contributed by atoms with van der Waals surface area (Å²) in [4.78, 5) is 8.04. The highest BCUT2D eigenvalue weighted by Gasteiger charge is 2.04. The predicted molar refractivity (Wildman–Crippen MR) is 55.8 cm³/mol. The van der Waals surface area contributed by atoms with Gasteiger partial charge < -0.3 is 0 Å². The Balaban J connectivity index is 2.25. The third-order valence-electron chi connectivity index (χ3n) is 1.34. The number of aromatic nitrogens is 4. The predicted octanol–water partition coefficient (Wildman–Crippen LogP) is 2.44. The Morgan fingerprint density at radius 2 is 2.29 bits per heavy atom. The summed E-state index contributed by atoms with van der Waals surface area (Å²) in [5.74, 6) is 0. The van der Waals surface area contributed by atoms with E-state index in [1.165, 1.54) is 23.1 Å². The smallest absolute Gasteiger partial charge is 0.223 e. The quantitative estimate of drug-likeness (QED) is 0.600. The second-order valence-corrected chi connectivity index (χ2v) is 4.86. The number of hydrogen-bond donors (Lipinski definition) is 0. The maximum absolute atomic E-state index is 5.72. The summed E-state index contributed by atoms with van der Waals surface area (Å²) in [5.41, 5.74) is 2.52. The Labute approximate surface area is 93.8 Å². The topological polar surface area (TPSA) is 51.6 Å². The molecule has 0 aliphatic carbocycles. The molecule has 0 N–H and O–H groups in total. The lowest BCUT2D eigenvalue weighted by molar-refractivity contribution is 0.986. The first kappa shape index (κ1) is 9.82. The first-order valence-electron chi connectivity index (χ1n) is 3.69. The van der Waals surface area contributed by atoms with E-state index in [9.17, 15) is 0 Å². The Bertz CT molecular complexity index is 411. The van der Waals surface area contributed by atoms with Crippen LogP contribution in [0.4, 0.5) is 0 Å². The molecule has 2 aromatic rings. The molecule has 0 spiro atoms. The number of rotatable bonds is 2. The first-order chi connectivity index (χ1) is 6.74. The van der Waals surface area contributed by atoms with Crippen molar-refractivity contribution in [3.63, 3.8) is 0 Å². The van der Waals surface area contributed by atoms with Crippen LogP contribution in [0, 0.1) is 6.92 Å². The van der Waals surface area contributed by atoms with Crippen molar-refractivity contribution >= 4 is 34.7 Å². The second-order valence-electron chi connectivity index (χ2n) is 2.42. The monoisotopic (exact) mass is 244 g/mol. The molecule has 14 heavy (non-hydrogen) atoms. The molecule has 0 aliphatic rings. The van der Waals surface area contributed by atoms with Crippen LogP contribution in [0.5, 0.6) is 0 Å². The fourth-order valence-electron chi connectivity index (χ4n) is 0.854. The second kappa shape index (κ2) is 4.20. The van der Waals surface area contributed by atoms with Crippen molar-refractivity contribution in [3.05, 3.63) is 22.6 Å². The molecule has 2 rings (SSSR count). The average molecular weight is 245 g/mol. The van der Waals surface area contributed by atoms with E-state index in [1.807, 2.05) is 13.0 Å². The molecule has 7 heteroatoms. The summed E-state index contributed by atoms with van der Waals surface area (Å²) in [6, 6.07) is 1.86. The van der Waals surface area contributed by atoms with Crippen LogP contribution in [0.1, 0.15) is 5.69 Å². The lowest BCUT2D eigenvalue weighted by Gasteiger charge is -1.98. The molecule has 0 saturated heterocycles. The molecule has 0 unspecified atom stereocenters. The largest absolute Gasteiger partial charge is 0.223 e. The van der Waals surface area contributed by atoms with Gasteiger partial charge in [-0.25, -0.2) is 9.97 Å². The van der Waals surface area contributed by atoms with Crippen molar-refractivity contribution in [1.82, 2.24) is 20.2 Å². The molecular weight excluding hydrogens is 240 g/mol. The molecule has 72 valence electrons. The molecule has 4 nitrogen and oxygen atoms in total. The van der Waals surface area contributed by atoms with Crippen molar-refractivity contribution in [2.24, 2.45) is 0 Å². The van der Waals surface area contributed by atoms with E-state index in [0.717, 1.165) is 15.1 Å². The minimum atomic E-state index is 0.261. The van der Waals surface area contributed by atoms with Gasteiger partial charge in [-0.15, -0.1) is 10.2 Å². The van der Waals surface area contributed by atoms with Crippen molar-refractivity contribution < 1.29 is 0 Å². The maximum atomic E-state index is 5.72. The fraction of sp³-hybridized carbons (Fsp3) is 0.143. The Hall–Kier alpha value is -0.720. The van der Waals surface area contributed by atoms with Crippen molar-refractivity contribution in [2.75, 3.05) is 0 Å². The zero-order valence-corrected chi connectivity index (χ0v) is 9.53. The van der Waals surface area contributed by atoms with Gasteiger partial charge in [0.1, 0.15) is 10.5 Å². The van der Waals surface area contributed by atoms with E-state index in [4.69, 9.17) is 11.6 Å². The number of hydrogen-bond acceptors (Lipinski definition) is 6. The summed E-state index contributed by atoms with van der Waals surface area (Å²) in [7, 11) is 0. The molecule has 0 aliphatic heterocycles. The summed E-state index contributed by atoms with van der Waals surface area (Å²) >= 11 is 8.62. The van der Waals surface area contributed by atoms with Crippen molar-refractivity contribution in [2.45, 2.75) is 16.3 Å². The van der Waals surface area contributed by atoms with Gasteiger partial charge in [-0.2, -0.15) is 0 Å². The zero-order valence-electron chi connectivity index (χ0n) is 7.14. The number of aryl methyl sites for hydroxylation is 1. The van der Waals surface area contributed by atoms with Gasteiger partial charge in [0.2, 0.25) is 5.28 Å². The third-order valence-corrected chi connectivity index (χ3v) is 3.20. The van der Waals surface area contributed by atoms with Crippen LogP contribution in [-0.2, 0) is 0 Å². The van der Waals surface area contributed by atoms with E-state index in [-0.39, 0.29) is 5.28 Å². The van der Waals surface area contributed by atoms with Crippen LogP contribution in [0.15, 0.2) is 20.9 Å². The van der Waals surface area contributed by atoms with Crippen LogP contribution in [0.2, 0.25) is 5.28 Å². The zero-order chi connectivity index (χ0) is 9.97. The van der Waals surface area contributed by atoms with E-state index in [1.54, 1.807) is 5.51 Å². The minimum Gasteiger partial charge on any atom is -0.223 e. The Morgan fingerprint density at radius 3 is 2.93 bits per heavy atom. The Morgan fingerprint density at radius 1 is 1.43 bits per heavy atom. The highest BCUT2D eigenvalue weighted by atomic mass is 35.5. The average Bonchev–Trinajstić information content (AvgIpc) is 2.54. The molecule has 0 saturated carbocycles. The van der Waals surface area contributed by atoms with Gasteiger partial charge in [0.05, 0.1) is 0 Å². The molecule has 0 radical (unpaired) electrons. The third kappa shape index (κ3) is 2.40. The minimum absolute atomic E-state index is 0.261. The SMILES string of the molecule is Cc1cc(Sc2nncs2)nc(Cl)n1. The normalized spacial score (nSPS) is 10.4. The van der Waals surface area contributed by atoms with Crippen molar-refractivity contribution in [1.29, 1.82) is 0 Å². The van der Waals surface area contributed by atoms with Gasteiger partial charge in [0, 0.05) is 5.69 Å². The molecular formula is C7H5ClN4S2. The summed E-state index contributed by atoms with van der Waals surface area (Å²) in [6.07, 6.45) is 0. The first-order valence-corrected chi connectivity index (χ1v) is 5.76. The Kier molecular flexibility index (Phi) is 2.95. The lowest BCUT2D eigenvalue weighted by atomic mass is 10.5. The van der Waals surface area contributed by atoms with E-state index in [0.29, 0.717) is 0 Å².